The van der Waals surface area contributed by atoms with Crippen LogP contribution in [0.2, 0.25) is 0 Å². The van der Waals surface area contributed by atoms with Crippen LogP contribution < -0.4 is 0 Å². The third-order valence-electron chi connectivity index (χ3n) is 9.39. The van der Waals surface area contributed by atoms with Crippen molar-refractivity contribution in [2.45, 2.75) is 104 Å². The second-order valence-corrected chi connectivity index (χ2v) is 12.4. The number of hydrogen-bond donors (Lipinski definition) is 0. The number of rotatable bonds is 5. The van der Waals surface area contributed by atoms with Gasteiger partial charge < -0.3 is 9.47 Å². The summed E-state index contributed by atoms with van der Waals surface area (Å²) < 4.78 is 9.51. The van der Waals surface area contributed by atoms with Crippen LogP contribution >= 0.6 is 0 Å². The quantitative estimate of drug-likeness (QED) is 0.112. The molecule has 0 amide bonds. The van der Waals surface area contributed by atoms with E-state index in [0.717, 1.165) is 38.9 Å². The summed E-state index contributed by atoms with van der Waals surface area (Å²) in [6.45, 7) is 36.4. The van der Waals surface area contributed by atoms with Crippen molar-refractivity contribution in [1.82, 2.24) is 0 Å². The molecule has 0 radical (unpaired) electrons. The maximum absolute atomic E-state index is 12.0. The topological polar surface area (TPSA) is 52.6 Å². The van der Waals surface area contributed by atoms with Crippen molar-refractivity contribution >= 4 is 11.9 Å². The van der Waals surface area contributed by atoms with E-state index in [4.69, 9.17) is 4.74 Å². The van der Waals surface area contributed by atoms with E-state index in [0.29, 0.717) is 11.1 Å². The van der Waals surface area contributed by atoms with Crippen LogP contribution in [0.25, 0.3) is 11.1 Å². The van der Waals surface area contributed by atoms with E-state index in [-0.39, 0.29) is 33.6 Å². The van der Waals surface area contributed by atoms with Crippen LogP contribution in [0.5, 0.6) is 0 Å². The molecular formula is C42H50O4W. The summed E-state index contributed by atoms with van der Waals surface area (Å²) in [4.78, 5) is 22.1. The number of carbonyl (C=O) groups is 2. The Hall–Kier alpha value is -3.67. The molecule has 3 aromatic carbocycles. The van der Waals surface area contributed by atoms with Gasteiger partial charge in [0.25, 0.3) is 0 Å². The second kappa shape index (κ2) is 16.9. The summed E-state index contributed by atoms with van der Waals surface area (Å²) in [7, 11) is 2.90. The Kier molecular flexibility index (Phi) is 14.9. The van der Waals surface area contributed by atoms with E-state index >= 15 is 0 Å². The maximum atomic E-state index is 12.0. The number of esters is 2. The molecule has 0 N–H and O–H groups in total. The number of aryl methyl sites for hydroxylation is 2. The smallest absolute Gasteiger partial charge is 0.637 e. The van der Waals surface area contributed by atoms with Gasteiger partial charge in [0.05, 0.1) is 0 Å². The van der Waals surface area contributed by atoms with Gasteiger partial charge >= 0.3 is 33.0 Å². The number of benzene rings is 3. The Morgan fingerprint density at radius 1 is 0.596 bits per heavy atom. The summed E-state index contributed by atoms with van der Waals surface area (Å²) in [5.41, 5.74) is 21.2. The van der Waals surface area contributed by atoms with Crippen LogP contribution in [0, 0.1) is 108 Å². The Morgan fingerprint density at radius 2 is 0.936 bits per heavy atom. The van der Waals surface area contributed by atoms with Gasteiger partial charge in [0.1, 0.15) is 6.61 Å². The molecule has 5 heteroatoms. The van der Waals surface area contributed by atoms with Crippen molar-refractivity contribution in [2.75, 3.05) is 0 Å². The molecule has 4 nitrogen and oxygen atoms in total. The Labute approximate surface area is 298 Å². The van der Waals surface area contributed by atoms with Crippen molar-refractivity contribution in [3.05, 3.63) is 121 Å². The third-order valence-corrected chi connectivity index (χ3v) is 9.39. The molecule has 0 aliphatic carbocycles. The zero-order valence-corrected chi connectivity index (χ0v) is 33.8. The summed E-state index contributed by atoms with van der Waals surface area (Å²) in [6, 6.07) is 3.53. The first-order valence-corrected chi connectivity index (χ1v) is 15.5. The molecule has 3 aromatic rings. The van der Waals surface area contributed by atoms with Gasteiger partial charge in [-0.25, -0.2) is 9.59 Å². The monoisotopic (exact) mass is 802 g/mol. The zero-order valence-electron chi connectivity index (χ0n) is 30.9. The van der Waals surface area contributed by atoms with Gasteiger partial charge in [0.15, 0.2) is 0 Å². The van der Waals surface area contributed by atoms with Gasteiger partial charge in [0.2, 0.25) is 0 Å². The third kappa shape index (κ3) is 8.82. The van der Waals surface area contributed by atoms with Gasteiger partial charge in [-0.15, -0.1) is 16.7 Å². The second-order valence-electron chi connectivity index (χ2n) is 12.4. The van der Waals surface area contributed by atoms with Gasteiger partial charge in [-0.1, -0.05) is 52.7 Å². The van der Waals surface area contributed by atoms with Crippen LogP contribution in [0.3, 0.4) is 0 Å². The van der Waals surface area contributed by atoms with Crippen LogP contribution in [0.15, 0.2) is 24.3 Å². The summed E-state index contributed by atoms with van der Waals surface area (Å²) in [5.74, 6) is 6.30. The average Bonchev–Trinajstić information content (AvgIpc) is 3.00. The van der Waals surface area contributed by atoms with Crippen LogP contribution in [0.4, 0.5) is 0 Å². The van der Waals surface area contributed by atoms with Crippen molar-refractivity contribution < 1.29 is 40.1 Å². The normalized spacial score (nSPS) is 10.1. The standard InChI is InChI=1S/C37H43O2.C5H7O2.W/c1-19(2)37(38)39-18-34-26(9)24(7)32(25(8)27(34)10)15-16-33-28(11)30(13)36(31(14)29(33)12)35-22(5)20(3)17-21(4)23(35)6;1-4(2)5(6)7-3;/h1,18H2,2-14H3;1,3H2,2H3;/q2*-1;+2. The molecule has 0 unspecified atom stereocenters. The average molecular weight is 803 g/mol. The molecule has 0 saturated carbocycles. The SMILES string of the molecule is C=C(C)C(=O)OCc1c(C)c(C)c(C#Cc2c(C)c(C)c(-c3c(C)c(C)[c-]c(C)c3C)c(C)c2C)c(C)c1C.C=C(C)C(=O)O[CH2-].[W+2]. The Bertz CT molecular complexity index is 1740. The molecule has 0 aliphatic rings. The van der Waals surface area contributed by atoms with E-state index in [1.165, 1.54) is 55.6 Å². The fourth-order valence-corrected chi connectivity index (χ4v) is 5.68. The van der Waals surface area contributed by atoms with Crippen LogP contribution in [-0.2, 0) is 46.7 Å². The van der Waals surface area contributed by atoms with Crippen molar-refractivity contribution in [3.63, 3.8) is 0 Å². The minimum atomic E-state index is -0.458. The first kappa shape index (κ1) is 41.4. The first-order chi connectivity index (χ1) is 21.3. The molecule has 0 atom stereocenters. The van der Waals surface area contributed by atoms with Gasteiger partial charge in [0, 0.05) is 22.3 Å². The van der Waals surface area contributed by atoms with E-state index in [1.54, 1.807) is 13.8 Å². The number of hydrogen-bond acceptors (Lipinski definition) is 4. The Balaban J connectivity index is 0.00000124. The minimum Gasteiger partial charge on any atom is -0.637 e. The molecule has 0 bridgehead atoms. The fraction of sp³-hybridized carbons (Fsp3) is 0.357. The first-order valence-electron chi connectivity index (χ1n) is 15.5. The molecule has 0 fully saturated rings. The number of ether oxygens (including phenoxy) is 2. The molecule has 0 aliphatic heterocycles. The van der Waals surface area contributed by atoms with Crippen LogP contribution in [0.1, 0.15) is 97.3 Å². The maximum Gasteiger partial charge on any atom is 2.00 e. The van der Waals surface area contributed by atoms with E-state index < -0.39 is 5.97 Å². The zero-order chi connectivity index (χ0) is 35.4. The van der Waals surface area contributed by atoms with Crippen molar-refractivity contribution in [3.8, 4) is 23.0 Å². The minimum absolute atomic E-state index is 0. The van der Waals surface area contributed by atoms with E-state index in [1.807, 2.05) is 0 Å². The molecule has 0 saturated heterocycles. The van der Waals surface area contributed by atoms with E-state index in [2.05, 4.69) is 126 Å². The molecule has 0 aromatic heterocycles. The molecule has 47 heavy (non-hydrogen) atoms. The summed E-state index contributed by atoms with van der Waals surface area (Å²) in [5, 5.41) is 0. The summed E-state index contributed by atoms with van der Waals surface area (Å²) >= 11 is 0. The van der Waals surface area contributed by atoms with Crippen molar-refractivity contribution in [1.29, 1.82) is 0 Å². The molecule has 3 rings (SSSR count). The predicted octanol–water partition coefficient (Wildman–Crippen LogP) is 9.77. The molecular weight excluding hydrogens is 752 g/mol. The molecule has 248 valence electrons. The number of carbonyl (C=O) groups excluding carboxylic acids is 2. The predicted molar refractivity (Wildman–Crippen MR) is 191 cm³/mol. The summed E-state index contributed by atoms with van der Waals surface area (Å²) in [6.07, 6.45) is 0. The molecule has 0 heterocycles. The van der Waals surface area contributed by atoms with Gasteiger partial charge in [-0.3, -0.25) is 0 Å². The van der Waals surface area contributed by atoms with Crippen molar-refractivity contribution in [2.24, 2.45) is 0 Å². The van der Waals surface area contributed by atoms with Gasteiger partial charge in [-0.05, 0) is 125 Å². The molecule has 0 spiro atoms. The Morgan fingerprint density at radius 3 is 1.26 bits per heavy atom. The van der Waals surface area contributed by atoms with E-state index in [9.17, 15) is 9.59 Å². The van der Waals surface area contributed by atoms with Crippen LogP contribution in [-0.4, -0.2) is 11.9 Å². The largest absolute Gasteiger partial charge is 2.00 e. The fourth-order valence-electron chi connectivity index (χ4n) is 5.68. The van der Waals surface area contributed by atoms with Gasteiger partial charge in [-0.2, -0.15) is 24.3 Å².